The van der Waals surface area contributed by atoms with E-state index in [1.807, 2.05) is 71.3 Å². The summed E-state index contributed by atoms with van der Waals surface area (Å²) in [4.78, 5) is 21.8. The molecule has 1 saturated heterocycles. The third-order valence-electron chi connectivity index (χ3n) is 7.72. The molecule has 1 aliphatic heterocycles. The van der Waals surface area contributed by atoms with E-state index in [1.165, 1.54) is 32.4 Å². The van der Waals surface area contributed by atoms with Crippen molar-refractivity contribution in [3.8, 4) is 28.3 Å². The maximum Gasteiger partial charge on any atom is 0.261 e. The van der Waals surface area contributed by atoms with Crippen molar-refractivity contribution in [3.63, 3.8) is 0 Å². The average molecular weight is 514 g/mol. The van der Waals surface area contributed by atoms with E-state index >= 15 is 0 Å². The summed E-state index contributed by atoms with van der Waals surface area (Å²) in [5, 5.41) is 1.30. The lowest BCUT2D eigenvalue weighted by atomic mass is 9.97. The van der Waals surface area contributed by atoms with Crippen LogP contribution in [0, 0.1) is 11.8 Å². The van der Waals surface area contributed by atoms with E-state index in [0.717, 1.165) is 41.3 Å². The van der Waals surface area contributed by atoms with Gasteiger partial charge in [-0.2, -0.15) is 0 Å². The van der Waals surface area contributed by atoms with Crippen LogP contribution in [-0.4, -0.2) is 41.2 Å². The van der Waals surface area contributed by atoms with Crippen LogP contribution in [0.3, 0.4) is 0 Å². The number of aromatic nitrogens is 2. The predicted octanol–water partition coefficient (Wildman–Crippen LogP) is 6.51. The number of methoxy groups -OCH3 is 1. The number of fused-ring (bicyclic) bond motifs is 1. The number of rotatable bonds is 7. The fourth-order valence-electron chi connectivity index (χ4n) is 5.66. The van der Waals surface area contributed by atoms with Gasteiger partial charge < -0.3 is 9.64 Å². The molecule has 2 heterocycles. The molecule has 37 heavy (non-hydrogen) atoms. The first-order valence-corrected chi connectivity index (χ1v) is 13.6. The van der Waals surface area contributed by atoms with Gasteiger partial charge in [0.1, 0.15) is 11.6 Å². The Bertz CT molecular complexity index is 1490. The SMILES string of the molecule is COc1ccccc1-c1nc2ccc(-c3cccc(Cl)c3)cc2c(=O)n1CC1CCCN(CC2CC2)C1. The Morgan fingerprint density at radius 1 is 0.946 bits per heavy atom. The quantitative estimate of drug-likeness (QED) is 0.282. The lowest BCUT2D eigenvalue weighted by Crippen LogP contribution is -2.39. The van der Waals surface area contributed by atoms with E-state index in [2.05, 4.69) is 4.90 Å². The van der Waals surface area contributed by atoms with Crippen LogP contribution in [-0.2, 0) is 6.54 Å². The Labute approximate surface area is 222 Å². The Morgan fingerprint density at radius 3 is 2.59 bits per heavy atom. The summed E-state index contributed by atoms with van der Waals surface area (Å²) in [7, 11) is 1.66. The third-order valence-corrected chi connectivity index (χ3v) is 7.95. The molecule has 5 nitrogen and oxygen atoms in total. The Morgan fingerprint density at radius 2 is 1.78 bits per heavy atom. The molecule has 190 valence electrons. The van der Waals surface area contributed by atoms with Crippen molar-refractivity contribution >= 4 is 22.5 Å². The van der Waals surface area contributed by atoms with Crippen LogP contribution in [0.2, 0.25) is 5.02 Å². The second-order valence-electron chi connectivity index (χ2n) is 10.5. The maximum atomic E-state index is 14.2. The first-order valence-electron chi connectivity index (χ1n) is 13.3. The lowest BCUT2D eigenvalue weighted by Gasteiger charge is -2.33. The lowest BCUT2D eigenvalue weighted by molar-refractivity contribution is 0.156. The predicted molar refractivity (Wildman–Crippen MR) is 150 cm³/mol. The fraction of sp³-hybridized carbons (Fsp3) is 0.355. The fourth-order valence-corrected chi connectivity index (χ4v) is 5.85. The summed E-state index contributed by atoms with van der Waals surface area (Å²) in [5.41, 5.74) is 3.46. The number of likely N-dealkylation sites (tertiary alicyclic amines) is 1. The molecule has 1 saturated carbocycles. The molecular weight excluding hydrogens is 482 g/mol. The first-order chi connectivity index (χ1) is 18.1. The molecule has 0 spiro atoms. The van der Waals surface area contributed by atoms with Gasteiger partial charge in [0.15, 0.2) is 0 Å². The van der Waals surface area contributed by atoms with Gasteiger partial charge in [0.05, 0.1) is 23.6 Å². The van der Waals surface area contributed by atoms with E-state index in [-0.39, 0.29) is 5.56 Å². The summed E-state index contributed by atoms with van der Waals surface area (Å²) in [5.74, 6) is 2.67. The Balaban J connectivity index is 1.45. The van der Waals surface area contributed by atoms with Crippen molar-refractivity contribution in [3.05, 3.63) is 82.1 Å². The van der Waals surface area contributed by atoms with Gasteiger partial charge in [0.2, 0.25) is 0 Å². The molecule has 0 N–H and O–H groups in total. The van der Waals surface area contributed by atoms with E-state index in [4.69, 9.17) is 21.3 Å². The van der Waals surface area contributed by atoms with Gasteiger partial charge in [-0.25, -0.2) is 4.98 Å². The van der Waals surface area contributed by atoms with Crippen molar-refractivity contribution in [2.45, 2.75) is 32.2 Å². The molecule has 0 amide bonds. The van der Waals surface area contributed by atoms with Gasteiger partial charge >= 0.3 is 0 Å². The Hall–Kier alpha value is -3.15. The zero-order valence-corrected chi connectivity index (χ0v) is 22.0. The number of para-hydroxylation sites is 1. The minimum absolute atomic E-state index is 0.00546. The molecule has 6 rings (SSSR count). The Kier molecular flexibility index (Phi) is 6.74. The van der Waals surface area contributed by atoms with Gasteiger partial charge in [0.25, 0.3) is 5.56 Å². The monoisotopic (exact) mass is 513 g/mol. The molecule has 1 unspecified atom stereocenters. The van der Waals surface area contributed by atoms with Crippen molar-refractivity contribution in [1.82, 2.24) is 14.5 Å². The van der Waals surface area contributed by atoms with Gasteiger partial charge in [0, 0.05) is 24.7 Å². The largest absolute Gasteiger partial charge is 0.496 e. The smallest absolute Gasteiger partial charge is 0.261 e. The molecule has 2 aliphatic rings. The number of benzene rings is 3. The van der Waals surface area contributed by atoms with E-state index in [1.54, 1.807) is 7.11 Å². The topological polar surface area (TPSA) is 47.4 Å². The van der Waals surface area contributed by atoms with Crippen molar-refractivity contribution in [2.75, 3.05) is 26.7 Å². The van der Waals surface area contributed by atoms with Crippen LogP contribution in [0.25, 0.3) is 33.4 Å². The summed E-state index contributed by atoms with van der Waals surface area (Å²) in [6, 6.07) is 21.5. The molecule has 3 aromatic carbocycles. The number of hydrogen-bond acceptors (Lipinski definition) is 4. The van der Waals surface area contributed by atoms with E-state index < -0.39 is 0 Å². The highest BCUT2D eigenvalue weighted by atomic mass is 35.5. The van der Waals surface area contributed by atoms with Crippen molar-refractivity contribution in [1.29, 1.82) is 0 Å². The number of hydrogen-bond donors (Lipinski definition) is 0. The molecule has 2 fully saturated rings. The molecule has 1 aliphatic carbocycles. The average Bonchev–Trinajstić information content (AvgIpc) is 3.74. The maximum absolute atomic E-state index is 14.2. The van der Waals surface area contributed by atoms with Gasteiger partial charge in [-0.1, -0.05) is 41.9 Å². The second kappa shape index (κ2) is 10.3. The van der Waals surface area contributed by atoms with Crippen LogP contribution in [0.1, 0.15) is 25.7 Å². The van der Waals surface area contributed by atoms with Gasteiger partial charge in [-0.3, -0.25) is 9.36 Å². The van der Waals surface area contributed by atoms with Crippen molar-refractivity contribution < 1.29 is 4.74 Å². The molecule has 4 aromatic rings. The van der Waals surface area contributed by atoms with E-state index in [9.17, 15) is 4.79 Å². The number of piperidine rings is 1. The van der Waals surface area contributed by atoms with E-state index in [0.29, 0.717) is 34.2 Å². The highest BCUT2D eigenvalue weighted by Crippen LogP contribution is 2.33. The standard InChI is InChI=1S/C31H32ClN3O2/c1-37-29-10-3-2-9-26(29)30-33-28-14-13-24(23-7-4-8-25(32)16-23)17-27(28)31(36)35(30)20-22-6-5-15-34(19-22)18-21-11-12-21/h2-4,7-10,13-14,16-17,21-22H,5-6,11-12,15,18-20H2,1H3. The first kappa shape index (κ1) is 24.2. The zero-order valence-electron chi connectivity index (χ0n) is 21.2. The molecule has 0 radical (unpaired) electrons. The zero-order chi connectivity index (χ0) is 25.4. The molecule has 1 aromatic heterocycles. The molecule has 6 heteroatoms. The highest BCUT2D eigenvalue weighted by molar-refractivity contribution is 6.30. The summed E-state index contributed by atoms with van der Waals surface area (Å²) >= 11 is 6.25. The van der Waals surface area contributed by atoms with Gasteiger partial charge in [-0.15, -0.1) is 0 Å². The third kappa shape index (κ3) is 5.16. The molecular formula is C31H32ClN3O2. The van der Waals surface area contributed by atoms with Crippen molar-refractivity contribution in [2.24, 2.45) is 11.8 Å². The summed E-state index contributed by atoms with van der Waals surface area (Å²) < 4.78 is 7.57. The van der Waals surface area contributed by atoms with Crippen LogP contribution >= 0.6 is 11.6 Å². The minimum atomic E-state index is -0.00546. The summed E-state index contributed by atoms with van der Waals surface area (Å²) in [6.07, 6.45) is 5.03. The van der Waals surface area contributed by atoms with Crippen LogP contribution in [0.5, 0.6) is 5.75 Å². The minimum Gasteiger partial charge on any atom is -0.496 e. The number of halogens is 1. The highest BCUT2D eigenvalue weighted by Gasteiger charge is 2.28. The van der Waals surface area contributed by atoms with Crippen LogP contribution in [0.15, 0.2) is 71.5 Å². The summed E-state index contributed by atoms with van der Waals surface area (Å²) in [6.45, 7) is 4.05. The van der Waals surface area contributed by atoms with Gasteiger partial charge in [-0.05, 0) is 91.6 Å². The van der Waals surface area contributed by atoms with Crippen LogP contribution in [0.4, 0.5) is 0 Å². The molecule has 0 bridgehead atoms. The van der Waals surface area contributed by atoms with Crippen LogP contribution < -0.4 is 10.3 Å². The normalized spacial score (nSPS) is 18.3. The number of nitrogens with zero attached hydrogens (tertiary/aromatic N) is 3. The number of ether oxygens (including phenoxy) is 1. The second-order valence-corrected chi connectivity index (χ2v) is 10.9. The molecule has 1 atom stereocenters.